The van der Waals surface area contributed by atoms with Crippen LogP contribution in [0.5, 0.6) is 0 Å². The van der Waals surface area contributed by atoms with Crippen molar-refractivity contribution in [2.24, 2.45) is 0 Å². The van der Waals surface area contributed by atoms with Gasteiger partial charge in [-0.2, -0.15) is 26.3 Å². The summed E-state index contributed by atoms with van der Waals surface area (Å²) >= 11 is 6.76. The minimum absolute atomic E-state index is 0.0271. The summed E-state index contributed by atoms with van der Waals surface area (Å²) in [4.78, 5) is 41.5. The van der Waals surface area contributed by atoms with E-state index in [9.17, 15) is 35.9 Å². The number of anilines is 1. The predicted molar refractivity (Wildman–Crippen MR) is 112 cm³/mol. The maximum Gasteiger partial charge on any atom is 0.490 e. The van der Waals surface area contributed by atoms with E-state index in [1.807, 2.05) is 0 Å². The normalized spacial score (nSPS) is 15.9. The Kier molecular flexibility index (Phi) is 8.15. The van der Waals surface area contributed by atoms with Crippen molar-refractivity contribution in [1.29, 1.82) is 0 Å². The van der Waals surface area contributed by atoms with Crippen LogP contribution in [0.4, 0.5) is 36.8 Å². The molecule has 0 atom stereocenters. The molecule has 0 radical (unpaired) electrons. The van der Waals surface area contributed by atoms with Crippen LogP contribution in [-0.4, -0.2) is 50.1 Å². The van der Waals surface area contributed by atoms with E-state index in [0.717, 1.165) is 4.90 Å². The first-order valence-electron chi connectivity index (χ1n) is 8.86. The SMILES string of the molecule is CC1(C)C(=O)N(c2ccc(SC(F)(F)F)cc2)C(=O)N1Cc1cnc(Cl)s1.O=C(O)C(F)(F)F. The molecular weight excluding hydrogens is 536 g/mol. The van der Waals surface area contributed by atoms with E-state index in [4.69, 9.17) is 21.5 Å². The molecule has 2 heterocycles. The second-order valence-electron chi connectivity index (χ2n) is 6.99. The van der Waals surface area contributed by atoms with Crippen LogP contribution in [0.15, 0.2) is 35.4 Å². The highest BCUT2D eigenvalue weighted by molar-refractivity contribution is 8.00. The summed E-state index contributed by atoms with van der Waals surface area (Å²) in [6.45, 7) is 3.38. The molecule has 1 aromatic carbocycles. The number of aliphatic carboxylic acids is 1. The highest BCUT2D eigenvalue weighted by atomic mass is 35.5. The summed E-state index contributed by atoms with van der Waals surface area (Å²) in [5, 5.41) is 7.12. The van der Waals surface area contributed by atoms with Crippen LogP contribution in [-0.2, 0) is 16.1 Å². The highest BCUT2D eigenvalue weighted by Crippen LogP contribution is 2.39. The maximum absolute atomic E-state index is 12.9. The number of hydrogen-bond donors (Lipinski definition) is 1. The van der Waals surface area contributed by atoms with E-state index in [0.29, 0.717) is 9.34 Å². The lowest BCUT2D eigenvalue weighted by molar-refractivity contribution is -0.192. The fourth-order valence-electron chi connectivity index (χ4n) is 2.64. The Hall–Kier alpha value is -2.52. The number of imide groups is 1. The second kappa shape index (κ2) is 10.00. The number of rotatable bonds is 4. The number of aromatic nitrogens is 1. The summed E-state index contributed by atoms with van der Waals surface area (Å²) in [5.74, 6) is -3.22. The number of carbonyl (C=O) groups excluding carboxylic acids is 2. The van der Waals surface area contributed by atoms with Gasteiger partial charge in [0.1, 0.15) is 5.54 Å². The summed E-state index contributed by atoms with van der Waals surface area (Å²) in [5.41, 5.74) is -5.31. The van der Waals surface area contributed by atoms with Gasteiger partial charge in [0, 0.05) is 16.0 Å². The smallest absolute Gasteiger partial charge is 0.475 e. The Morgan fingerprint density at radius 1 is 1.15 bits per heavy atom. The number of hydrogen-bond acceptors (Lipinski definition) is 6. The van der Waals surface area contributed by atoms with Crippen molar-refractivity contribution in [2.45, 2.75) is 42.5 Å². The minimum atomic E-state index is -5.08. The Morgan fingerprint density at radius 3 is 2.09 bits per heavy atom. The van der Waals surface area contributed by atoms with Crippen molar-refractivity contribution in [2.75, 3.05) is 4.90 Å². The van der Waals surface area contributed by atoms with E-state index >= 15 is 0 Å². The molecule has 1 aliphatic heterocycles. The van der Waals surface area contributed by atoms with Crippen LogP contribution in [0.1, 0.15) is 18.7 Å². The van der Waals surface area contributed by atoms with Crippen molar-refractivity contribution in [3.05, 3.63) is 39.8 Å². The molecule has 186 valence electrons. The molecule has 16 heteroatoms. The molecule has 0 spiro atoms. The lowest BCUT2D eigenvalue weighted by atomic mass is 10.0. The molecule has 0 aliphatic carbocycles. The topological polar surface area (TPSA) is 90.8 Å². The average molecular weight is 550 g/mol. The number of halogens is 7. The number of thioether (sulfide) groups is 1. The van der Waals surface area contributed by atoms with Crippen LogP contribution in [0.2, 0.25) is 4.47 Å². The van der Waals surface area contributed by atoms with Gasteiger partial charge in [-0.3, -0.25) is 4.79 Å². The van der Waals surface area contributed by atoms with Crippen molar-refractivity contribution in [3.63, 3.8) is 0 Å². The van der Waals surface area contributed by atoms with E-state index < -0.39 is 35.1 Å². The zero-order valence-electron chi connectivity index (χ0n) is 17.1. The molecule has 34 heavy (non-hydrogen) atoms. The van der Waals surface area contributed by atoms with E-state index in [-0.39, 0.29) is 28.9 Å². The predicted octanol–water partition coefficient (Wildman–Crippen LogP) is 5.79. The molecule has 0 saturated carbocycles. The van der Waals surface area contributed by atoms with Gasteiger partial charge in [-0.25, -0.2) is 19.5 Å². The second-order valence-corrected chi connectivity index (χ2v) is 9.83. The van der Waals surface area contributed by atoms with Crippen LogP contribution < -0.4 is 4.90 Å². The quantitative estimate of drug-likeness (QED) is 0.295. The number of carboxylic acids is 1. The third-order valence-electron chi connectivity index (χ3n) is 4.23. The molecule has 3 amide bonds. The van der Waals surface area contributed by atoms with Gasteiger partial charge in [-0.15, -0.1) is 11.3 Å². The summed E-state index contributed by atoms with van der Waals surface area (Å²) in [6.07, 6.45) is -3.55. The Bertz CT molecular complexity index is 1070. The summed E-state index contributed by atoms with van der Waals surface area (Å²) in [7, 11) is 0. The number of thiazole rings is 1. The number of alkyl halides is 6. The molecule has 0 bridgehead atoms. The summed E-state index contributed by atoms with van der Waals surface area (Å²) < 4.78 is 69.4. The van der Waals surface area contributed by atoms with Gasteiger partial charge < -0.3 is 10.0 Å². The lowest BCUT2D eigenvalue weighted by Gasteiger charge is -2.26. The Morgan fingerprint density at radius 2 is 1.68 bits per heavy atom. The van der Waals surface area contributed by atoms with E-state index in [1.165, 1.54) is 46.7 Å². The third kappa shape index (κ3) is 6.76. The Labute approximate surface area is 201 Å². The van der Waals surface area contributed by atoms with Gasteiger partial charge in [0.05, 0.1) is 12.2 Å². The minimum Gasteiger partial charge on any atom is -0.475 e. The van der Waals surface area contributed by atoms with Crippen molar-refractivity contribution >= 4 is 58.3 Å². The van der Waals surface area contributed by atoms with Gasteiger partial charge in [-0.1, -0.05) is 11.6 Å². The largest absolute Gasteiger partial charge is 0.490 e. The van der Waals surface area contributed by atoms with Gasteiger partial charge >= 0.3 is 23.7 Å². The van der Waals surface area contributed by atoms with Gasteiger partial charge in [0.2, 0.25) is 0 Å². The molecule has 1 aromatic heterocycles. The van der Waals surface area contributed by atoms with Gasteiger partial charge in [-0.05, 0) is 49.9 Å². The molecule has 1 N–H and O–H groups in total. The monoisotopic (exact) mass is 549 g/mol. The first-order valence-corrected chi connectivity index (χ1v) is 10.9. The van der Waals surface area contributed by atoms with Gasteiger partial charge in [0.25, 0.3) is 5.91 Å². The number of nitrogens with zero attached hydrogens (tertiary/aromatic N) is 3. The molecule has 1 fully saturated rings. The van der Waals surface area contributed by atoms with Crippen molar-refractivity contribution < 1.29 is 45.8 Å². The Balaban J connectivity index is 0.000000509. The van der Waals surface area contributed by atoms with E-state index in [1.54, 1.807) is 13.8 Å². The molecular formula is C18H14ClF6N3O4S2. The molecule has 2 aromatic rings. The summed E-state index contributed by atoms with van der Waals surface area (Å²) in [6, 6.07) is 4.56. The van der Waals surface area contributed by atoms with Gasteiger partial charge in [0.15, 0.2) is 4.47 Å². The number of carbonyl (C=O) groups is 3. The molecule has 1 aliphatic rings. The molecule has 3 rings (SSSR count). The number of amides is 3. The zero-order chi connectivity index (χ0) is 26.1. The van der Waals surface area contributed by atoms with Crippen LogP contribution in [0, 0.1) is 0 Å². The standard InChI is InChI=1S/C16H13ClF3N3O2S2.C2HF3O2/c1-15(2)12(24)23(9-3-5-10(6-4-9)27-16(18,19)20)14(25)22(15)8-11-7-21-13(17)26-11;3-2(4,5)1(6)7/h3-7H,8H2,1-2H3;(H,6,7). The average Bonchev–Trinajstić information content (AvgIpc) is 3.16. The van der Waals surface area contributed by atoms with Crippen LogP contribution in [0.25, 0.3) is 0 Å². The fraction of sp³-hybridized carbons (Fsp3) is 0.333. The van der Waals surface area contributed by atoms with Crippen molar-refractivity contribution in [1.82, 2.24) is 9.88 Å². The number of carboxylic acid groups (broad SMARTS) is 1. The highest BCUT2D eigenvalue weighted by Gasteiger charge is 2.52. The maximum atomic E-state index is 12.9. The van der Waals surface area contributed by atoms with Crippen molar-refractivity contribution in [3.8, 4) is 0 Å². The lowest BCUT2D eigenvalue weighted by Crippen LogP contribution is -2.43. The molecule has 1 saturated heterocycles. The fourth-order valence-corrected chi connectivity index (χ4v) is 4.14. The first kappa shape index (κ1) is 27.7. The zero-order valence-corrected chi connectivity index (χ0v) is 19.5. The first-order chi connectivity index (χ1) is 15.4. The van der Waals surface area contributed by atoms with Crippen LogP contribution >= 0.6 is 34.7 Å². The number of urea groups is 1. The number of benzene rings is 1. The molecule has 0 unspecified atom stereocenters. The van der Waals surface area contributed by atoms with E-state index in [2.05, 4.69) is 4.98 Å². The molecule has 7 nitrogen and oxygen atoms in total. The third-order valence-corrected chi connectivity index (χ3v) is 6.07. The van der Waals surface area contributed by atoms with Crippen LogP contribution in [0.3, 0.4) is 0 Å².